The monoisotopic (exact) mass is 450 g/mol. The molecule has 0 unspecified atom stereocenters. The number of para-hydroxylation sites is 1. The number of aryl methyl sites for hydroxylation is 1. The van der Waals surface area contributed by atoms with Crippen molar-refractivity contribution >= 4 is 38.5 Å². The minimum absolute atomic E-state index is 0.0299. The summed E-state index contributed by atoms with van der Waals surface area (Å²) in [4.78, 5) is 14.7. The second-order valence-electron chi connectivity index (χ2n) is 7.11. The summed E-state index contributed by atoms with van der Waals surface area (Å²) in [5, 5.41) is 9.94. The van der Waals surface area contributed by atoms with E-state index in [0.29, 0.717) is 6.61 Å². The maximum absolute atomic E-state index is 9.94. The third kappa shape index (κ3) is 3.16. The summed E-state index contributed by atoms with van der Waals surface area (Å²) in [6, 6.07) is 15.7. The van der Waals surface area contributed by atoms with Crippen LogP contribution in [0, 0.1) is 6.92 Å². The van der Waals surface area contributed by atoms with Crippen LogP contribution in [-0.4, -0.2) is 39.3 Å². The molecular formula is C22H19BrN4O2. The molecule has 2 aromatic heterocycles. The van der Waals surface area contributed by atoms with Crippen molar-refractivity contribution < 1.29 is 9.84 Å². The molecule has 1 atom stereocenters. The lowest BCUT2D eigenvalue weighted by molar-refractivity contribution is 0.195. The molecule has 146 valence electrons. The van der Waals surface area contributed by atoms with Crippen molar-refractivity contribution in [3.05, 3.63) is 64.8 Å². The third-order valence-corrected chi connectivity index (χ3v) is 5.58. The quantitative estimate of drug-likeness (QED) is 0.477. The smallest absolute Gasteiger partial charge is 0.154 e. The van der Waals surface area contributed by atoms with Crippen molar-refractivity contribution in [3.8, 4) is 17.1 Å². The van der Waals surface area contributed by atoms with Crippen LogP contribution in [0.1, 0.15) is 5.56 Å². The second-order valence-corrected chi connectivity index (χ2v) is 8.03. The topological polar surface area (TPSA) is 74.3 Å². The van der Waals surface area contributed by atoms with Crippen LogP contribution in [0.25, 0.3) is 22.4 Å². The highest BCUT2D eigenvalue weighted by Gasteiger charge is 2.31. The Balaban J connectivity index is 1.65. The number of aliphatic hydroxyl groups is 1. The third-order valence-electron chi connectivity index (χ3n) is 5.09. The molecule has 2 aromatic carbocycles. The fraction of sp³-hybridized carbons (Fsp3) is 0.182. The molecule has 0 bridgehead atoms. The van der Waals surface area contributed by atoms with Crippen molar-refractivity contribution in [2.45, 2.75) is 13.0 Å². The SMILES string of the molecule is Cc1ccc(N2c3cccc(-c4nc5ccc(Br)cc5[nH]4)c3OC[C@@H]2CO)nc1. The van der Waals surface area contributed by atoms with Crippen molar-refractivity contribution in [3.63, 3.8) is 0 Å². The number of ether oxygens (including phenoxy) is 1. The Bertz CT molecular complexity index is 1190. The standard InChI is InChI=1S/C22H19BrN4O2/c1-13-5-8-20(24-10-13)27-15(11-28)12-29-21-16(3-2-4-19(21)27)22-25-17-7-6-14(23)9-18(17)26-22/h2-10,15,28H,11-12H2,1H3,(H,25,26)/t15-/m0/s1. The van der Waals surface area contributed by atoms with E-state index in [-0.39, 0.29) is 12.6 Å². The number of anilines is 2. The Labute approximate surface area is 176 Å². The van der Waals surface area contributed by atoms with Gasteiger partial charge in [-0.3, -0.25) is 0 Å². The van der Waals surface area contributed by atoms with Crippen LogP contribution in [-0.2, 0) is 0 Å². The maximum Gasteiger partial charge on any atom is 0.154 e. The van der Waals surface area contributed by atoms with E-state index in [9.17, 15) is 5.11 Å². The van der Waals surface area contributed by atoms with Crippen LogP contribution in [0.5, 0.6) is 5.75 Å². The van der Waals surface area contributed by atoms with Crippen LogP contribution < -0.4 is 9.64 Å². The van der Waals surface area contributed by atoms with Crippen LogP contribution in [0.15, 0.2) is 59.2 Å². The van der Waals surface area contributed by atoms with Gasteiger partial charge in [-0.25, -0.2) is 9.97 Å². The first-order valence-electron chi connectivity index (χ1n) is 9.38. The Hall–Kier alpha value is -2.90. The lowest BCUT2D eigenvalue weighted by Gasteiger charge is -2.37. The van der Waals surface area contributed by atoms with Gasteiger partial charge in [0.2, 0.25) is 0 Å². The van der Waals surface area contributed by atoms with Crippen molar-refractivity contribution in [1.82, 2.24) is 15.0 Å². The highest BCUT2D eigenvalue weighted by Crippen LogP contribution is 2.44. The molecule has 5 rings (SSSR count). The minimum atomic E-state index is -0.209. The first-order chi connectivity index (χ1) is 14.1. The lowest BCUT2D eigenvalue weighted by Crippen LogP contribution is -2.43. The number of aliphatic hydroxyl groups excluding tert-OH is 1. The predicted molar refractivity (Wildman–Crippen MR) is 117 cm³/mol. The van der Waals surface area contributed by atoms with Crippen LogP contribution in [0.3, 0.4) is 0 Å². The molecular weight excluding hydrogens is 432 g/mol. The number of rotatable bonds is 3. The van der Waals surface area contributed by atoms with Gasteiger partial charge in [-0.05, 0) is 48.9 Å². The number of nitrogens with one attached hydrogen (secondary N) is 1. The molecule has 7 heteroatoms. The number of aromatic amines is 1. The molecule has 3 heterocycles. The molecule has 29 heavy (non-hydrogen) atoms. The number of H-pyrrole nitrogens is 1. The first-order valence-corrected chi connectivity index (χ1v) is 10.2. The number of fused-ring (bicyclic) bond motifs is 2. The fourth-order valence-corrected chi connectivity index (χ4v) is 4.02. The van der Waals surface area contributed by atoms with E-state index >= 15 is 0 Å². The lowest BCUT2D eigenvalue weighted by atomic mass is 10.1. The van der Waals surface area contributed by atoms with E-state index in [2.05, 4.69) is 25.9 Å². The Kier molecular flexibility index (Phi) is 4.49. The van der Waals surface area contributed by atoms with Crippen molar-refractivity contribution in [2.24, 2.45) is 0 Å². The molecule has 0 spiro atoms. The van der Waals surface area contributed by atoms with Gasteiger partial charge >= 0.3 is 0 Å². The number of hydrogen-bond acceptors (Lipinski definition) is 5. The average molecular weight is 451 g/mol. The number of pyridine rings is 1. The Morgan fingerprint density at radius 2 is 2.14 bits per heavy atom. The molecule has 1 aliphatic rings. The fourth-order valence-electron chi connectivity index (χ4n) is 3.66. The zero-order chi connectivity index (χ0) is 20.0. The van der Waals surface area contributed by atoms with Gasteiger partial charge in [0.1, 0.15) is 18.2 Å². The summed E-state index contributed by atoms with van der Waals surface area (Å²) < 4.78 is 7.10. The van der Waals surface area contributed by atoms with Crippen LogP contribution >= 0.6 is 15.9 Å². The molecule has 0 aliphatic carbocycles. The number of benzene rings is 2. The zero-order valence-corrected chi connectivity index (χ0v) is 17.3. The number of halogens is 1. The van der Waals surface area contributed by atoms with E-state index in [1.165, 1.54) is 0 Å². The molecule has 0 amide bonds. The van der Waals surface area contributed by atoms with Gasteiger partial charge in [0.25, 0.3) is 0 Å². The molecule has 0 fully saturated rings. The summed E-state index contributed by atoms with van der Waals surface area (Å²) >= 11 is 3.50. The summed E-state index contributed by atoms with van der Waals surface area (Å²) in [5.74, 6) is 2.26. The molecule has 0 saturated heterocycles. The minimum Gasteiger partial charge on any atom is -0.488 e. The van der Waals surface area contributed by atoms with Gasteiger partial charge in [0.15, 0.2) is 5.75 Å². The van der Waals surface area contributed by atoms with Crippen molar-refractivity contribution in [1.29, 1.82) is 0 Å². The van der Waals surface area contributed by atoms with Gasteiger partial charge in [0, 0.05) is 10.7 Å². The number of nitrogens with zero attached hydrogens (tertiary/aromatic N) is 3. The largest absolute Gasteiger partial charge is 0.488 e. The van der Waals surface area contributed by atoms with Gasteiger partial charge in [-0.1, -0.05) is 28.1 Å². The molecule has 1 aliphatic heterocycles. The van der Waals surface area contributed by atoms with Crippen LogP contribution in [0.2, 0.25) is 0 Å². The first kappa shape index (κ1) is 18.1. The zero-order valence-electron chi connectivity index (χ0n) is 15.8. The normalized spacial score (nSPS) is 16.0. The number of hydrogen-bond donors (Lipinski definition) is 2. The van der Waals surface area contributed by atoms with Gasteiger partial charge in [-0.2, -0.15) is 0 Å². The van der Waals surface area contributed by atoms with E-state index in [1.807, 2.05) is 66.6 Å². The Morgan fingerprint density at radius 1 is 1.24 bits per heavy atom. The van der Waals surface area contributed by atoms with E-state index in [0.717, 1.165) is 49.7 Å². The van der Waals surface area contributed by atoms with Gasteiger partial charge in [-0.15, -0.1) is 0 Å². The molecule has 4 aromatic rings. The molecule has 2 N–H and O–H groups in total. The molecule has 6 nitrogen and oxygen atoms in total. The number of imidazole rings is 1. The number of aromatic nitrogens is 3. The summed E-state index contributed by atoms with van der Waals surface area (Å²) in [5.41, 5.74) is 4.68. The van der Waals surface area contributed by atoms with E-state index in [4.69, 9.17) is 9.72 Å². The molecule has 0 saturated carbocycles. The summed E-state index contributed by atoms with van der Waals surface area (Å²) in [7, 11) is 0. The molecule has 0 radical (unpaired) electrons. The van der Waals surface area contributed by atoms with E-state index in [1.54, 1.807) is 0 Å². The average Bonchev–Trinajstić information content (AvgIpc) is 3.16. The van der Waals surface area contributed by atoms with E-state index < -0.39 is 0 Å². The van der Waals surface area contributed by atoms with Gasteiger partial charge < -0.3 is 19.7 Å². The Morgan fingerprint density at radius 3 is 2.93 bits per heavy atom. The second kappa shape index (κ2) is 7.17. The van der Waals surface area contributed by atoms with Crippen molar-refractivity contribution in [2.75, 3.05) is 18.1 Å². The predicted octanol–water partition coefficient (Wildman–Crippen LogP) is 4.59. The highest BCUT2D eigenvalue weighted by atomic mass is 79.9. The highest BCUT2D eigenvalue weighted by molar-refractivity contribution is 9.10. The maximum atomic E-state index is 9.94. The summed E-state index contributed by atoms with van der Waals surface area (Å²) in [6.07, 6.45) is 1.83. The van der Waals surface area contributed by atoms with Gasteiger partial charge in [0.05, 0.1) is 34.9 Å². The summed E-state index contributed by atoms with van der Waals surface area (Å²) in [6.45, 7) is 2.34. The van der Waals surface area contributed by atoms with Crippen LogP contribution in [0.4, 0.5) is 11.5 Å².